The van der Waals surface area contributed by atoms with Gasteiger partial charge in [0, 0.05) is 16.8 Å². The van der Waals surface area contributed by atoms with E-state index in [9.17, 15) is 13.2 Å². The third-order valence-electron chi connectivity index (χ3n) is 4.60. The number of halogens is 1. The Kier molecular flexibility index (Phi) is 4.99. The summed E-state index contributed by atoms with van der Waals surface area (Å²) >= 11 is 6.14. The minimum Gasteiger partial charge on any atom is -0.307 e. The molecule has 138 valence electrons. The monoisotopic (exact) mass is 392 g/mol. The molecule has 0 N–H and O–H groups in total. The van der Waals surface area contributed by atoms with Crippen LogP contribution in [0.2, 0.25) is 5.02 Å². The van der Waals surface area contributed by atoms with Crippen molar-refractivity contribution in [2.75, 3.05) is 22.0 Å². The lowest BCUT2D eigenvalue weighted by Crippen LogP contribution is -2.45. The average molecular weight is 393 g/mol. The Morgan fingerprint density at radius 2 is 1.96 bits per heavy atom. The molecule has 0 radical (unpaired) electrons. The van der Waals surface area contributed by atoms with Crippen molar-refractivity contribution in [2.24, 2.45) is 0 Å². The number of hydrogen-bond donors (Lipinski definition) is 0. The van der Waals surface area contributed by atoms with Crippen molar-refractivity contribution in [3.8, 4) is 0 Å². The fourth-order valence-corrected chi connectivity index (χ4v) is 4.30. The van der Waals surface area contributed by atoms with Gasteiger partial charge in [-0.2, -0.15) is 0 Å². The average Bonchev–Trinajstić information content (AvgIpc) is 2.90. The van der Waals surface area contributed by atoms with Crippen molar-refractivity contribution in [3.05, 3.63) is 58.6 Å². The highest BCUT2D eigenvalue weighted by molar-refractivity contribution is 7.92. The summed E-state index contributed by atoms with van der Waals surface area (Å²) in [6, 6.07) is 12.7. The van der Waals surface area contributed by atoms with E-state index in [4.69, 9.17) is 11.6 Å². The number of amides is 1. The van der Waals surface area contributed by atoms with E-state index in [2.05, 4.69) is 0 Å². The first kappa shape index (κ1) is 18.7. The molecule has 0 saturated carbocycles. The van der Waals surface area contributed by atoms with Crippen LogP contribution in [0, 0.1) is 6.92 Å². The lowest BCUT2D eigenvalue weighted by molar-refractivity contribution is -0.117. The maximum atomic E-state index is 13.0. The molecule has 5 nitrogen and oxygen atoms in total. The van der Waals surface area contributed by atoms with Crippen LogP contribution in [0.5, 0.6) is 0 Å². The summed E-state index contributed by atoms with van der Waals surface area (Å²) in [7, 11) is -3.64. The third-order valence-corrected chi connectivity index (χ3v) is 6.15. The molecule has 1 heterocycles. The van der Waals surface area contributed by atoms with Crippen LogP contribution in [0.4, 0.5) is 11.4 Å². The SMILES string of the molecule is Cc1ccc(N(CC(=O)N2c3ccccc3CC2C)S(C)(=O)=O)cc1Cl. The van der Waals surface area contributed by atoms with Crippen LogP contribution >= 0.6 is 11.6 Å². The van der Waals surface area contributed by atoms with E-state index in [1.54, 1.807) is 23.1 Å². The van der Waals surface area contributed by atoms with Gasteiger partial charge >= 0.3 is 0 Å². The fourth-order valence-electron chi connectivity index (χ4n) is 3.28. The zero-order valence-electron chi connectivity index (χ0n) is 14.9. The van der Waals surface area contributed by atoms with Gasteiger partial charge in [0.1, 0.15) is 6.54 Å². The molecule has 1 aliphatic rings. The third kappa shape index (κ3) is 3.57. The van der Waals surface area contributed by atoms with Crippen molar-refractivity contribution in [2.45, 2.75) is 26.3 Å². The van der Waals surface area contributed by atoms with E-state index in [0.717, 1.165) is 33.8 Å². The second-order valence-corrected chi connectivity index (χ2v) is 8.96. The Labute approximate surface area is 159 Å². The van der Waals surface area contributed by atoms with Crippen molar-refractivity contribution < 1.29 is 13.2 Å². The molecule has 0 aliphatic carbocycles. The Balaban J connectivity index is 1.93. The Hall–Kier alpha value is -2.05. The van der Waals surface area contributed by atoms with Crippen LogP contribution in [0.25, 0.3) is 0 Å². The first-order valence-electron chi connectivity index (χ1n) is 8.32. The van der Waals surface area contributed by atoms with Gasteiger partial charge < -0.3 is 4.90 Å². The number of anilines is 2. The summed E-state index contributed by atoms with van der Waals surface area (Å²) in [5.74, 6) is -0.260. The fraction of sp³-hybridized carbons (Fsp3) is 0.316. The smallest absolute Gasteiger partial charge is 0.248 e. The predicted molar refractivity (Wildman–Crippen MR) is 105 cm³/mol. The quantitative estimate of drug-likeness (QED) is 0.801. The van der Waals surface area contributed by atoms with E-state index in [0.29, 0.717) is 10.7 Å². The summed E-state index contributed by atoms with van der Waals surface area (Å²) in [6.45, 7) is 3.53. The lowest BCUT2D eigenvalue weighted by Gasteiger charge is -2.28. The molecule has 2 aromatic carbocycles. The number of carbonyl (C=O) groups excluding carboxylic acids is 1. The first-order chi connectivity index (χ1) is 12.2. The van der Waals surface area contributed by atoms with Gasteiger partial charge in [0.05, 0.1) is 11.9 Å². The van der Waals surface area contributed by atoms with E-state index in [-0.39, 0.29) is 18.5 Å². The van der Waals surface area contributed by atoms with Gasteiger partial charge in [-0.25, -0.2) is 8.42 Å². The zero-order chi connectivity index (χ0) is 19.1. The van der Waals surface area contributed by atoms with Crippen molar-refractivity contribution in [3.63, 3.8) is 0 Å². The van der Waals surface area contributed by atoms with Crippen LogP contribution in [0.15, 0.2) is 42.5 Å². The van der Waals surface area contributed by atoms with Crippen LogP contribution in [0.1, 0.15) is 18.1 Å². The number of para-hydroxylation sites is 1. The molecule has 7 heteroatoms. The molecule has 0 spiro atoms. The molecule has 0 aromatic heterocycles. The van der Waals surface area contributed by atoms with Gasteiger partial charge in [0.25, 0.3) is 0 Å². The molecule has 0 fully saturated rings. The summed E-state index contributed by atoms with van der Waals surface area (Å²) in [4.78, 5) is 14.7. The van der Waals surface area contributed by atoms with Crippen LogP contribution in [-0.2, 0) is 21.2 Å². The van der Waals surface area contributed by atoms with Gasteiger partial charge in [-0.3, -0.25) is 9.10 Å². The maximum absolute atomic E-state index is 13.0. The second-order valence-electron chi connectivity index (χ2n) is 6.65. The molecule has 1 amide bonds. The van der Waals surface area contributed by atoms with E-state index >= 15 is 0 Å². The Bertz CT molecular complexity index is 959. The standard InChI is InChI=1S/C19H21ClN2O3S/c1-13-8-9-16(11-17(13)20)21(26(3,24)25)12-19(23)22-14(2)10-15-6-4-5-7-18(15)22/h4-9,11,14H,10,12H2,1-3H3. The number of benzene rings is 2. The summed E-state index contributed by atoms with van der Waals surface area (Å²) < 4.78 is 25.7. The number of rotatable bonds is 4. The van der Waals surface area contributed by atoms with Crippen molar-refractivity contribution in [1.82, 2.24) is 0 Å². The number of nitrogens with zero attached hydrogens (tertiary/aromatic N) is 2. The van der Waals surface area contributed by atoms with Gasteiger partial charge in [-0.15, -0.1) is 0 Å². The number of carbonyl (C=O) groups is 1. The molecular weight excluding hydrogens is 372 g/mol. The molecule has 26 heavy (non-hydrogen) atoms. The predicted octanol–water partition coefficient (Wildman–Crippen LogP) is 3.39. The Morgan fingerprint density at radius 1 is 1.27 bits per heavy atom. The van der Waals surface area contributed by atoms with Crippen molar-refractivity contribution >= 4 is 38.9 Å². The van der Waals surface area contributed by atoms with Gasteiger partial charge in [0.15, 0.2) is 0 Å². The topological polar surface area (TPSA) is 57.7 Å². The molecular formula is C19H21ClN2O3S. The molecule has 2 aromatic rings. The van der Waals surface area contributed by atoms with E-state index in [1.165, 1.54) is 0 Å². The number of aryl methyl sites for hydroxylation is 1. The normalized spacial score (nSPS) is 16.5. The minimum atomic E-state index is -3.64. The summed E-state index contributed by atoms with van der Waals surface area (Å²) in [5.41, 5.74) is 3.17. The highest BCUT2D eigenvalue weighted by Crippen LogP contribution is 2.32. The number of fused-ring (bicyclic) bond motifs is 1. The van der Waals surface area contributed by atoms with E-state index < -0.39 is 10.0 Å². The molecule has 0 saturated heterocycles. The number of hydrogen-bond acceptors (Lipinski definition) is 3. The van der Waals surface area contributed by atoms with Gasteiger partial charge in [0.2, 0.25) is 15.9 Å². The Morgan fingerprint density at radius 3 is 2.62 bits per heavy atom. The summed E-state index contributed by atoms with van der Waals surface area (Å²) in [6.07, 6.45) is 1.85. The van der Waals surface area contributed by atoms with Gasteiger partial charge in [-0.05, 0) is 49.6 Å². The van der Waals surface area contributed by atoms with Crippen LogP contribution in [-0.4, -0.2) is 33.2 Å². The lowest BCUT2D eigenvalue weighted by atomic mass is 10.1. The molecule has 1 unspecified atom stereocenters. The molecule has 0 bridgehead atoms. The van der Waals surface area contributed by atoms with Crippen LogP contribution in [0.3, 0.4) is 0 Å². The maximum Gasteiger partial charge on any atom is 0.248 e. The van der Waals surface area contributed by atoms with Crippen LogP contribution < -0.4 is 9.21 Å². The largest absolute Gasteiger partial charge is 0.307 e. The molecule has 3 rings (SSSR count). The zero-order valence-corrected chi connectivity index (χ0v) is 16.5. The molecule has 1 aliphatic heterocycles. The summed E-state index contributed by atoms with van der Waals surface area (Å²) in [5, 5.41) is 0.462. The second kappa shape index (κ2) is 6.93. The van der Waals surface area contributed by atoms with E-state index in [1.807, 2.05) is 38.1 Å². The number of sulfonamides is 1. The minimum absolute atomic E-state index is 0.0112. The van der Waals surface area contributed by atoms with Crippen molar-refractivity contribution in [1.29, 1.82) is 0 Å². The molecule has 1 atom stereocenters. The highest BCUT2D eigenvalue weighted by Gasteiger charge is 2.33. The first-order valence-corrected chi connectivity index (χ1v) is 10.5. The van der Waals surface area contributed by atoms with Gasteiger partial charge in [-0.1, -0.05) is 35.9 Å². The highest BCUT2D eigenvalue weighted by atomic mass is 35.5.